The average molecular weight is 421 g/mol. The summed E-state index contributed by atoms with van der Waals surface area (Å²) in [6.45, 7) is 0. The van der Waals surface area contributed by atoms with E-state index in [0.29, 0.717) is 14.9 Å². The summed E-state index contributed by atoms with van der Waals surface area (Å²) in [7, 11) is 1.63. The van der Waals surface area contributed by atoms with Gasteiger partial charge >= 0.3 is 5.97 Å². The van der Waals surface area contributed by atoms with Crippen molar-refractivity contribution in [3.05, 3.63) is 76.7 Å². The first kappa shape index (κ1) is 19.2. The smallest absolute Gasteiger partial charge is 0.335 e. The highest BCUT2D eigenvalue weighted by Crippen LogP contribution is 2.36. The molecule has 1 saturated heterocycles. The summed E-state index contributed by atoms with van der Waals surface area (Å²) >= 11 is 6.57. The fraction of sp³-hybridized carbons (Fsp3) is 0.0455. The van der Waals surface area contributed by atoms with E-state index in [1.165, 1.54) is 28.8 Å². The minimum atomic E-state index is -1.05. The number of carboxylic acid groups (broad SMARTS) is 1. The zero-order valence-corrected chi connectivity index (χ0v) is 16.9. The van der Waals surface area contributed by atoms with E-state index < -0.39 is 5.97 Å². The Kier molecular flexibility index (Phi) is 5.08. The van der Waals surface area contributed by atoms with Gasteiger partial charge in [-0.15, -0.1) is 0 Å². The zero-order chi connectivity index (χ0) is 20.5. The molecule has 1 aliphatic rings. The molecule has 0 saturated carbocycles. The molecular formula is C22H15NO4S2. The van der Waals surface area contributed by atoms with Gasteiger partial charge in [-0.2, -0.15) is 0 Å². The molecule has 0 spiro atoms. The number of hydrogen-bond acceptors (Lipinski definition) is 5. The van der Waals surface area contributed by atoms with Crippen LogP contribution in [0.3, 0.4) is 0 Å². The van der Waals surface area contributed by atoms with Crippen LogP contribution in [0, 0.1) is 0 Å². The molecular weight excluding hydrogens is 406 g/mol. The van der Waals surface area contributed by atoms with Crippen molar-refractivity contribution >= 4 is 62.7 Å². The van der Waals surface area contributed by atoms with E-state index in [1.807, 2.05) is 36.4 Å². The predicted molar refractivity (Wildman–Crippen MR) is 120 cm³/mol. The first-order valence-corrected chi connectivity index (χ1v) is 9.88. The minimum Gasteiger partial charge on any atom is -0.497 e. The van der Waals surface area contributed by atoms with Gasteiger partial charge in [-0.25, -0.2) is 4.79 Å². The molecule has 3 aromatic rings. The van der Waals surface area contributed by atoms with Crippen molar-refractivity contribution in [2.45, 2.75) is 0 Å². The molecule has 5 nitrogen and oxygen atoms in total. The lowest BCUT2D eigenvalue weighted by molar-refractivity contribution is -0.113. The van der Waals surface area contributed by atoms with Gasteiger partial charge in [0.1, 0.15) is 5.75 Å². The molecule has 7 heteroatoms. The maximum Gasteiger partial charge on any atom is 0.335 e. The molecule has 1 heterocycles. The summed E-state index contributed by atoms with van der Waals surface area (Å²) in [6.07, 6.45) is 1.80. The van der Waals surface area contributed by atoms with Gasteiger partial charge in [-0.1, -0.05) is 48.2 Å². The third-order valence-corrected chi connectivity index (χ3v) is 5.82. The highest BCUT2D eigenvalue weighted by molar-refractivity contribution is 8.27. The molecule has 4 rings (SSSR count). The molecule has 0 unspecified atom stereocenters. The van der Waals surface area contributed by atoms with Crippen LogP contribution >= 0.6 is 24.0 Å². The number of amides is 1. The standard InChI is InChI=1S/C22H15NO4S2/c1-27-18-8-7-14-9-13(5-6-15(14)12-18)10-19-20(24)23(22(28)29-19)17-4-2-3-16(11-17)21(25)26/h2-12H,1H3,(H,25,26)/b19-10-. The number of anilines is 1. The van der Waals surface area contributed by atoms with Gasteiger partial charge in [0.15, 0.2) is 4.32 Å². The summed E-state index contributed by atoms with van der Waals surface area (Å²) in [6, 6.07) is 17.9. The van der Waals surface area contributed by atoms with Crippen molar-refractivity contribution in [2.24, 2.45) is 0 Å². The van der Waals surface area contributed by atoms with Crippen molar-refractivity contribution < 1.29 is 19.4 Å². The first-order chi connectivity index (χ1) is 14.0. The number of nitrogens with zero attached hydrogens (tertiary/aromatic N) is 1. The number of aromatic carboxylic acids is 1. The van der Waals surface area contributed by atoms with E-state index >= 15 is 0 Å². The van der Waals surface area contributed by atoms with Gasteiger partial charge in [0.2, 0.25) is 0 Å². The summed E-state index contributed by atoms with van der Waals surface area (Å²) in [5.41, 5.74) is 1.43. The monoisotopic (exact) mass is 421 g/mol. The van der Waals surface area contributed by atoms with E-state index in [0.717, 1.165) is 22.1 Å². The van der Waals surface area contributed by atoms with E-state index in [2.05, 4.69) is 0 Å². The number of carbonyl (C=O) groups is 2. The number of hydrogen-bond donors (Lipinski definition) is 1. The Hall–Kier alpha value is -3.16. The first-order valence-electron chi connectivity index (χ1n) is 8.65. The topological polar surface area (TPSA) is 66.8 Å². The molecule has 0 bridgehead atoms. The molecule has 144 valence electrons. The number of rotatable bonds is 4. The van der Waals surface area contributed by atoms with Crippen LogP contribution in [0.1, 0.15) is 15.9 Å². The Labute approximate surface area is 176 Å². The average Bonchev–Trinajstić information content (AvgIpc) is 3.00. The fourth-order valence-corrected chi connectivity index (χ4v) is 4.38. The van der Waals surface area contributed by atoms with Crippen LogP contribution in [0.5, 0.6) is 5.75 Å². The lowest BCUT2D eigenvalue weighted by Gasteiger charge is -2.14. The summed E-state index contributed by atoms with van der Waals surface area (Å²) in [5, 5.41) is 11.3. The third kappa shape index (κ3) is 3.74. The second-order valence-corrected chi connectivity index (χ2v) is 8.02. The van der Waals surface area contributed by atoms with Crippen LogP contribution in [0.15, 0.2) is 65.6 Å². The summed E-state index contributed by atoms with van der Waals surface area (Å²) in [5.74, 6) is -0.535. The summed E-state index contributed by atoms with van der Waals surface area (Å²) < 4.78 is 5.62. The van der Waals surface area contributed by atoms with Crippen LogP contribution in [0.25, 0.3) is 16.8 Å². The van der Waals surface area contributed by atoms with Crippen LogP contribution in [0.2, 0.25) is 0 Å². The van der Waals surface area contributed by atoms with Gasteiger partial charge in [-0.05, 0) is 58.8 Å². The Morgan fingerprint density at radius 1 is 1.10 bits per heavy atom. The number of carbonyl (C=O) groups excluding carboxylic acids is 1. The molecule has 1 aliphatic heterocycles. The number of benzene rings is 3. The highest BCUT2D eigenvalue weighted by Gasteiger charge is 2.33. The number of fused-ring (bicyclic) bond motifs is 1. The van der Waals surface area contributed by atoms with Crippen LogP contribution < -0.4 is 9.64 Å². The molecule has 0 aliphatic carbocycles. The van der Waals surface area contributed by atoms with Crippen LogP contribution in [-0.2, 0) is 4.79 Å². The molecule has 0 radical (unpaired) electrons. The lowest BCUT2D eigenvalue weighted by atomic mass is 10.1. The SMILES string of the molecule is COc1ccc2cc(/C=C3\SC(=S)N(c4cccc(C(=O)O)c4)C3=O)ccc2c1. The predicted octanol–water partition coefficient (Wildman–Crippen LogP) is 4.95. The second-order valence-electron chi connectivity index (χ2n) is 6.35. The highest BCUT2D eigenvalue weighted by atomic mass is 32.2. The fourth-order valence-electron chi connectivity index (χ4n) is 3.08. The van der Waals surface area contributed by atoms with Crippen molar-refractivity contribution in [3.8, 4) is 5.75 Å². The van der Waals surface area contributed by atoms with Crippen molar-refractivity contribution in [1.82, 2.24) is 0 Å². The van der Waals surface area contributed by atoms with E-state index in [1.54, 1.807) is 25.3 Å². The molecule has 0 atom stereocenters. The maximum absolute atomic E-state index is 12.9. The van der Waals surface area contributed by atoms with E-state index in [4.69, 9.17) is 17.0 Å². The Morgan fingerprint density at radius 3 is 2.62 bits per heavy atom. The quantitative estimate of drug-likeness (QED) is 0.475. The third-order valence-electron chi connectivity index (χ3n) is 4.51. The zero-order valence-electron chi connectivity index (χ0n) is 15.3. The van der Waals surface area contributed by atoms with Gasteiger partial charge < -0.3 is 9.84 Å². The molecule has 3 aromatic carbocycles. The number of thioether (sulfide) groups is 1. The van der Waals surface area contributed by atoms with Gasteiger partial charge in [0, 0.05) is 0 Å². The second kappa shape index (κ2) is 7.69. The normalized spacial score (nSPS) is 15.3. The van der Waals surface area contributed by atoms with Crippen molar-refractivity contribution in [2.75, 3.05) is 12.0 Å². The molecule has 0 aromatic heterocycles. The molecule has 1 N–H and O–H groups in total. The lowest BCUT2D eigenvalue weighted by Crippen LogP contribution is -2.27. The number of carboxylic acids is 1. The maximum atomic E-state index is 12.9. The van der Waals surface area contributed by atoms with Gasteiger partial charge in [0.25, 0.3) is 5.91 Å². The summed E-state index contributed by atoms with van der Waals surface area (Å²) in [4.78, 5) is 26.0. The number of methoxy groups -OCH3 is 1. The van der Waals surface area contributed by atoms with Crippen LogP contribution in [-0.4, -0.2) is 28.4 Å². The van der Waals surface area contributed by atoms with E-state index in [9.17, 15) is 14.7 Å². The Balaban J connectivity index is 1.66. The minimum absolute atomic E-state index is 0.102. The van der Waals surface area contributed by atoms with Gasteiger partial charge in [0.05, 0.1) is 23.3 Å². The number of thiocarbonyl (C=S) groups is 1. The Bertz CT molecular complexity index is 1200. The molecule has 29 heavy (non-hydrogen) atoms. The number of ether oxygens (including phenoxy) is 1. The van der Waals surface area contributed by atoms with E-state index in [-0.39, 0.29) is 11.5 Å². The van der Waals surface area contributed by atoms with Crippen LogP contribution in [0.4, 0.5) is 5.69 Å². The molecule has 1 amide bonds. The van der Waals surface area contributed by atoms with Crippen molar-refractivity contribution in [3.63, 3.8) is 0 Å². The van der Waals surface area contributed by atoms with Crippen molar-refractivity contribution in [1.29, 1.82) is 0 Å². The van der Waals surface area contributed by atoms with Gasteiger partial charge in [-0.3, -0.25) is 9.69 Å². The Morgan fingerprint density at radius 2 is 1.86 bits per heavy atom. The molecule has 1 fully saturated rings. The largest absolute Gasteiger partial charge is 0.497 e.